The van der Waals surface area contributed by atoms with E-state index in [-0.39, 0.29) is 30.2 Å². The smallest absolute Gasteiger partial charge is 0.227 e. The first kappa shape index (κ1) is 15.4. The van der Waals surface area contributed by atoms with Crippen LogP contribution in [-0.2, 0) is 16.8 Å². The molecule has 4 rings (SSSR count). The van der Waals surface area contributed by atoms with E-state index in [1.165, 1.54) is 12.1 Å². The van der Waals surface area contributed by atoms with Crippen LogP contribution in [0.3, 0.4) is 0 Å². The van der Waals surface area contributed by atoms with E-state index in [4.69, 9.17) is 4.42 Å². The Bertz CT molecular complexity index is 712. The molecule has 126 valence electrons. The molecule has 0 aliphatic carbocycles. The van der Waals surface area contributed by atoms with Crippen molar-refractivity contribution in [3.8, 4) is 0 Å². The third-order valence-corrected chi connectivity index (χ3v) is 5.30. The molecular formula is C19H20FNO3. The standard InChI is InChI=1S/C19H20FNO3/c20-14-5-3-13(4-6-14)10-18(22)21-15-7-8-16(21)12-19(23,11-15)17-2-1-9-24-17/h1-6,9,15-16,23H,7-8,10-12H2/t15-,16-/m1/s1. The maximum absolute atomic E-state index is 13.0. The number of hydrogen-bond donors (Lipinski definition) is 1. The Kier molecular flexibility index (Phi) is 3.68. The zero-order valence-corrected chi connectivity index (χ0v) is 13.3. The van der Waals surface area contributed by atoms with E-state index in [1.807, 2.05) is 4.90 Å². The molecule has 2 atom stereocenters. The number of furan rings is 1. The van der Waals surface area contributed by atoms with Gasteiger partial charge < -0.3 is 14.4 Å². The first-order valence-electron chi connectivity index (χ1n) is 8.37. The highest BCUT2D eigenvalue weighted by atomic mass is 19.1. The van der Waals surface area contributed by atoms with Crippen molar-refractivity contribution in [1.82, 2.24) is 4.90 Å². The molecule has 0 saturated carbocycles. The van der Waals surface area contributed by atoms with E-state index in [0.29, 0.717) is 18.6 Å². The average Bonchev–Trinajstić information content (AvgIpc) is 3.18. The van der Waals surface area contributed by atoms with Crippen molar-refractivity contribution in [1.29, 1.82) is 0 Å². The van der Waals surface area contributed by atoms with Gasteiger partial charge in [-0.05, 0) is 42.7 Å². The lowest BCUT2D eigenvalue weighted by molar-refractivity contribution is -0.142. The van der Waals surface area contributed by atoms with Gasteiger partial charge in [-0.3, -0.25) is 4.79 Å². The van der Waals surface area contributed by atoms with Crippen molar-refractivity contribution in [2.24, 2.45) is 0 Å². The van der Waals surface area contributed by atoms with E-state index in [1.54, 1.807) is 30.5 Å². The summed E-state index contributed by atoms with van der Waals surface area (Å²) in [7, 11) is 0. The fraction of sp³-hybridized carbons (Fsp3) is 0.421. The zero-order chi connectivity index (χ0) is 16.7. The summed E-state index contributed by atoms with van der Waals surface area (Å²) >= 11 is 0. The summed E-state index contributed by atoms with van der Waals surface area (Å²) in [6.45, 7) is 0. The summed E-state index contributed by atoms with van der Waals surface area (Å²) < 4.78 is 18.4. The Morgan fingerprint density at radius 1 is 1.21 bits per heavy atom. The number of nitrogens with zero attached hydrogens (tertiary/aromatic N) is 1. The van der Waals surface area contributed by atoms with Gasteiger partial charge in [-0.1, -0.05) is 12.1 Å². The Labute approximate surface area is 139 Å². The van der Waals surface area contributed by atoms with E-state index in [9.17, 15) is 14.3 Å². The molecule has 0 radical (unpaired) electrons. The predicted molar refractivity (Wildman–Crippen MR) is 85.6 cm³/mol. The normalized spacial score (nSPS) is 29.0. The second-order valence-electron chi connectivity index (χ2n) is 6.91. The average molecular weight is 329 g/mol. The number of carbonyl (C=O) groups is 1. The third kappa shape index (κ3) is 2.63. The Morgan fingerprint density at radius 2 is 1.88 bits per heavy atom. The molecule has 5 heteroatoms. The van der Waals surface area contributed by atoms with Crippen LogP contribution in [0.15, 0.2) is 47.1 Å². The topological polar surface area (TPSA) is 53.7 Å². The molecule has 2 aromatic rings. The summed E-state index contributed by atoms with van der Waals surface area (Å²) in [4.78, 5) is 14.7. The molecule has 1 N–H and O–H groups in total. The fourth-order valence-electron chi connectivity index (χ4n) is 4.24. The van der Waals surface area contributed by atoms with Crippen LogP contribution in [0.2, 0.25) is 0 Å². The molecule has 24 heavy (non-hydrogen) atoms. The number of fused-ring (bicyclic) bond motifs is 2. The van der Waals surface area contributed by atoms with Gasteiger partial charge in [0.2, 0.25) is 5.91 Å². The summed E-state index contributed by atoms with van der Waals surface area (Å²) in [5, 5.41) is 11.0. The van der Waals surface area contributed by atoms with Gasteiger partial charge in [0, 0.05) is 24.9 Å². The van der Waals surface area contributed by atoms with Gasteiger partial charge in [-0.15, -0.1) is 0 Å². The number of aliphatic hydroxyl groups is 1. The molecule has 1 amide bonds. The minimum absolute atomic E-state index is 0.0341. The van der Waals surface area contributed by atoms with Crippen LogP contribution in [0.5, 0.6) is 0 Å². The van der Waals surface area contributed by atoms with Gasteiger partial charge in [-0.25, -0.2) is 4.39 Å². The van der Waals surface area contributed by atoms with Gasteiger partial charge in [0.1, 0.15) is 17.2 Å². The molecule has 4 nitrogen and oxygen atoms in total. The largest absolute Gasteiger partial charge is 0.466 e. The number of piperidine rings is 1. The first-order valence-corrected chi connectivity index (χ1v) is 8.37. The van der Waals surface area contributed by atoms with Crippen LogP contribution >= 0.6 is 0 Å². The van der Waals surface area contributed by atoms with E-state index >= 15 is 0 Å². The predicted octanol–water partition coefficient (Wildman–Crippen LogP) is 3.00. The molecule has 2 aliphatic rings. The fourth-order valence-corrected chi connectivity index (χ4v) is 4.24. The minimum atomic E-state index is -0.984. The number of carbonyl (C=O) groups excluding carboxylic acids is 1. The lowest BCUT2D eigenvalue weighted by Crippen LogP contribution is -2.52. The lowest BCUT2D eigenvalue weighted by atomic mass is 9.84. The van der Waals surface area contributed by atoms with Crippen LogP contribution in [0, 0.1) is 5.82 Å². The number of rotatable bonds is 3. The molecule has 0 spiro atoms. The number of halogens is 1. The highest BCUT2D eigenvalue weighted by Gasteiger charge is 2.50. The van der Waals surface area contributed by atoms with Crippen molar-refractivity contribution >= 4 is 5.91 Å². The third-order valence-electron chi connectivity index (χ3n) is 5.30. The van der Waals surface area contributed by atoms with E-state index in [2.05, 4.69) is 0 Å². The Hall–Kier alpha value is -2.14. The quantitative estimate of drug-likeness (QED) is 0.942. The molecule has 2 fully saturated rings. The van der Waals surface area contributed by atoms with Crippen LogP contribution in [-0.4, -0.2) is 28.0 Å². The molecule has 1 aromatic heterocycles. The SMILES string of the molecule is O=C(Cc1ccc(F)cc1)N1[C@@H]2CC[C@@H]1CC(O)(c1ccco1)C2. The molecule has 1 aromatic carbocycles. The van der Waals surface area contributed by atoms with Crippen molar-refractivity contribution in [2.45, 2.75) is 49.8 Å². The number of benzene rings is 1. The van der Waals surface area contributed by atoms with Crippen molar-refractivity contribution in [3.05, 3.63) is 59.8 Å². The maximum atomic E-state index is 13.0. The maximum Gasteiger partial charge on any atom is 0.227 e. The highest BCUT2D eigenvalue weighted by Crippen LogP contribution is 2.46. The molecule has 0 unspecified atom stereocenters. The van der Waals surface area contributed by atoms with E-state index < -0.39 is 5.60 Å². The molecule has 2 saturated heterocycles. The van der Waals surface area contributed by atoms with Gasteiger partial charge in [0.15, 0.2) is 0 Å². The van der Waals surface area contributed by atoms with E-state index in [0.717, 1.165) is 18.4 Å². The Balaban J connectivity index is 1.50. The summed E-state index contributed by atoms with van der Waals surface area (Å²) in [5.74, 6) is 0.341. The van der Waals surface area contributed by atoms with Gasteiger partial charge in [0.25, 0.3) is 0 Å². The first-order chi connectivity index (χ1) is 11.5. The van der Waals surface area contributed by atoms with Crippen molar-refractivity contribution < 1.29 is 18.7 Å². The number of amides is 1. The van der Waals surface area contributed by atoms with Crippen LogP contribution in [0.4, 0.5) is 4.39 Å². The summed E-state index contributed by atoms with van der Waals surface area (Å²) in [6.07, 6.45) is 4.66. The molecular weight excluding hydrogens is 309 g/mol. The molecule has 2 bridgehead atoms. The van der Waals surface area contributed by atoms with Crippen LogP contribution in [0.1, 0.15) is 37.0 Å². The second kappa shape index (κ2) is 5.74. The second-order valence-corrected chi connectivity index (χ2v) is 6.91. The highest BCUT2D eigenvalue weighted by molar-refractivity contribution is 5.80. The monoisotopic (exact) mass is 329 g/mol. The summed E-state index contributed by atoms with van der Waals surface area (Å²) in [5.41, 5.74) is -0.171. The van der Waals surface area contributed by atoms with Gasteiger partial charge >= 0.3 is 0 Å². The van der Waals surface area contributed by atoms with Crippen LogP contribution < -0.4 is 0 Å². The van der Waals surface area contributed by atoms with Gasteiger partial charge in [-0.2, -0.15) is 0 Å². The van der Waals surface area contributed by atoms with Crippen LogP contribution in [0.25, 0.3) is 0 Å². The van der Waals surface area contributed by atoms with Gasteiger partial charge in [0.05, 0.1) is 12.7 Å². The zero-order valence-electron chi connectivity index (χ0n) is 13.3. The van der Waals surface area contributed by atoms with Crippen molar-refractivity contribution in [3.63, 3.8) is 0 Å². The lowest BCUT2D eigenvalue weighted by Gasteiger charge is -2.43. The molecule has 2 aliphatic heterocycles. The summed E-state index contributed by atoms with van der Waals surface area (Å²) in [6, 6.07) is 9.71. The Morgan fingerprint density at radius 3 is 2.46 bits per heavy atom. The minimum Gasteiger partial charge on any atom is -0.466 e. The van der Waals surface area contributed by atoms with Crippen molar-refractivity contribution in [2.75, 3.05) is 0 Å². The molecule has 3 heterocycles. The number of hydrogen-bond acceptors (Lipinski definition) is 3.